The number of rotatable bonds is 29. The zero-order valence-corrected chi connectivity index (χ0v) is 53.2. The summed E-state index contributed by atoms with van der Waals surface area (Å²) in [6.07, 6.45) is 42.0. The monoisotopic (exact) mass is 1150 g/mol. The van der Waals surface area contributed by atoms with Gasteiger partial charge in [-0.2, -0.15) is 0 Å². The number of nitrogens with one attached hydrogen (secondary N) is 1. The number of carbonyl (C=O) groups is 6. The second-order valence-corrected chi connectivity index (χ2v) is 22.9. The molecule has 4 aliphatic carbocycles. The molecule has 13 nitrogen and oxygen atoms in total. The van der Waals surface area contributed by atoms with Crippen molar-refractivity contribution in [3.05, 3.63) is 112 Å². The minimum Gasteiger partial charge on any atom is -0.378 e. The summed E-state index contributed by atoms with van der Waals surface area (Å²) >= 11 is 0. The Hall–Kier alpha value is -5.56. The fraction of sp³-hybridized carbons (Fsp3) is 0.657. The van der Waals surface area contributed by atoms with E-state index in [1.165, 1.54) is 178 Å². The SMILES string of the molecule is C=CC(=O)N(C)C(C)c1ccccc1.C=CC(=O)N(CC)C12CC3CC(CC(C3)C1)C2.C=CC(=O)N(CC)CC.C=CC(=O)N1CCCCC1.C=CC(=O)N1CCOCC1.C=CC(=O)NCCCCCCCCCCCCCCCCCC. The predicted molar refractivity (Wildman–Crippen MR) is 345 cm³/mol. The molecule has 1 N–H and O–H groups in total. The first-order valence-corrected chi connectivity index (χ1v) is 32.2. The molecule has 2 saturated heterocycles. The maximum Gasteiger partial charge on any atom is 0.246 e. The van der Waals surface area contributed by atoms with Gasteiger partial charge < -0.3 is 34.6 Å². The molecule has 2 aliphatic heterocycles. The highest BCUT2D eigenvalue weighted by atomic mass is 16.5. The van der Waals surface area contributed by atoms with Gasteiger partial charge >= 0.3 is 0 Å². The van der Waals surface area contributed by atoms with Crippen LogP contribution in [-0.4, -0.2) is 138 Å². The number of nitrogens with zero attached hydrogens (tertiary/aromatic N) is 5. The van der Waals surface area contributed by atoms with Crippen molar-refractivity contribution in [3.63, 3.8) is 0 Å². The van der Waals surface area contributed by atoms with Crippen LogP contribution in [-0.2, 0) is 33.5 Å². The van der Waals surface area contributed by atoms with Gasteiger partial charge in [0.05, 0.1) is 19.3 Å². The number of hydrogen-bond donors (Lipinski definition) is 1. The van der Waals surface area contributed by atoms with E-state index < -0.39 is 0 Å². The van der Waals surface area contributed by atoms with Crippen molar-refractivity contribution in [3.8, 4) is 0 Å². The largest absolute Gasteiger partial charge is 0.378 e. The molecular formula is C70H116N6O7. The Morgan fingerprint density at radius 3 is 1.35 bits per heavy atom. The van der Waals surface area contributed by atoms with E-state index in [9.17, 15) is 28.8 Å². The molecule has 1 aromatic rings. The quantitative estimate of drug-likeness (QED) is 0.0622. The molecule has 13 heteroatoms. The third kappa shape index (κ3) is 31.2. The van der Waals surface area contributed by atoms with Crippen molar-refractivity contribution in [2.24, 2.45) is 17.8 Å². The van der Waals surface area contributed by atoms with Crippen molar-refractivity contribution < 1.29 is 33.5 Å². The zero-order valence-electron chi connectivity index (χ0n) is 53.2. The molecule has 0 radical (unpaired) electrons. The lowest BCUT2D eigenvalue weighted by molar-refractivity contribution is -0.145. The fourth-order valence-corrected chi connectivity index (χ4v) is 12.3. The van der Waals surface area contributed by atoms with Crippen LogP contribution in [0.3, 0.4) is 0 Å². The summed E-state index contributed by atoms with van der Waals surface area (Å²) in [4.78, 5) is 76.1. The van der Waals surface area contributed by atoms with Gasteiger partial charge in [-0.3, -0.25) is 28.8 Å². The topological polar surface area (TPSA) is 140 Å². The van der Waals surface area contributed by atoms with Gasteiger partial charge in [-0.25, -0.2) is 0 Å². The number of benzene rings is 1. The van der Waals surface area contributed by atoms with E-state index in [-0.39, 0.29) is 47.0 Å². The normalized spacial score (nSPS) is 19.1. The first-order chi connectivity index (χ1) is 40.1. The molecule has 1 atom stereocenters. The molecule has 4 bridgehead atoms. The van der Waals surface area contributed by atoms with E-state index >= 15 is 0 Å². The summed E-state index contributed by atoms with van der Waals surface area (Å²) in [7, 11) is 1.78. The highest BCUT2D eigenvalue weighted by molar-refractivity contribution is 5.89. The molecular weight excluding hydrogens is 1040 g/mol. The van der Waals surface area contributed by atoms with E-state index in [1.807, 2.05) is 56.0 Å². The highest BCUT2D eigenvalue weighted by Crippen LogP contribution is 2.57. The van der Waals surface area contributed by atoms with Crippen molar-refractivity contribution in [2.45, 2.75) is 207 Å². The first-order valence-electron chi connectivity index (χ1n) is 32.2. The van der Waals surface area contributed by atoms with Gasteiger partial charge in [0.2, 0.25) is 35.4 Å². The lowest BCUT2D eigenvalue weighted by Crippen LogP contribution is -2.61. The fourth-order valence-electron chi connectivity index (χ4n) is 12.3. The van der Waals surface area contributed by atoms with Gasteiger partial charge in [0.25, 0.3) is 0 Å². The van der Waals surface area contributed by atoms with Crippen LogP contribution in [0.15, 0.2) is 106 Å². The third-order valence-electron chi connectivity index (χ3n) is 16.8. The lowest BCUT2D eigenvalue weighted by atomic mass is 9.52. The molecule has 1 unspecified atom stereocenters. The van der Waals surface area contributed by atoms with Crippen LogP contribution in [0.25, 0.3) is 0 Å². The van der Waals surface area contributed by atoms with Crippen molar-refractivity contribution in [2.75, 3.05) is 72.6 Å². The summed E-state index contributed by atoms with van der Waals surface area (Å²) in [5, 5.41) is 2.82. The standard InChI is InChI=1S/C21H41NO.C15H23NO.C12H15NO.C8H13NO.C7H11NO2.C7H13NO/c1-3-5-6-7-8-9-10-11-12-13-14-15-16-17-18-19-20-22-21(23)4-2;1-3-14(17)16(4-2)15-8-11-5-12(9-15)7-13(6-11)10-15;1-4-12(14)13(3)10(2)11-8-6-5-7-9-11;1-2-8(10)9-6-4-3-5-7-9;1-2-7(9)8-3-5-10-6-4-8;1-4-7(9)8(5-2)6-3/h4H,2-3,5-20H2,1H3,(H,22,23);3,11-13H,1,4-10H2,2H3;4-10H,1H2,2-3H3;2H,1,3-7H2;2H,1,3-6H2;4H,1,5-6H2,2-3H3. The van der Waals surface area contributed by atoms with Crippen LogP contribution in [0.1, 0.15) is 207 Å². The van der Waals surface area contributed by atoms with Gasteiger partial charge in [-0.15, -0.1) is 0 Å². The molecule has 6 aliphatic rings. The number of unbranched alkanes of at least 4 members (excludes halogenated alkanes) is 15. The molecule has 6 amide bonds. The second-order valence-electron chi connectivity index (χ2n) is 22.9. The molecule has 0 aromatic heterocycles. The van der Waals surface area contributed by atoms with Crippen LogP contribution in [0, 0.1) is 17.8 Å². The second kappa shape index (κ2) is 46.8. The van der Waals surface area contributed by atoms with Crippen LogP contribution in [0.4, 0.5) is 0 Å². The zero-order chi connectivity index (χ0) is 61.7. The van der Waals surface area contributed by atoms with Crippen molar-refractivity contribution in [1.29, 1.82) is 0 Å². The molecule has 468 valence electrons. The number of ether oxygens (including phenoxy) is 1. The molecule has 6 fully saturated rings. The number of piperidine rings is 1. The van der Waals surface area contributed by atoms with Gasteiger partial charge in [0.1, 0.15) is 0 Å². The molecule has 83 heavy (non-hydrogen) atoms. The van der Waals surface area contributed by atoms with Crippen LogP contribution < -0.4 is 5.32 Å². The molecule has 1 aromatic carbocycles. The Balaban J connectivity index is 0.000000514. The van der Waals surface area contributed by atoms with Crippen molar-refractivity contribution in [1.82, 2.24) is 29.8 Å². The number of likely N-dealkylation sites (tertiary alicyclic amines) is 1. The molecule has 0 spiro atoms. The first kappa shape index (κ1) is 75.5. The minimum atomic E-state index is -0.0543. The van der Waals surface area contributed by atoms with Gasteiger partial charge in [0, 0.05) is 64.9 Å². The van der Waals surface area contributed by atoms with E-state index in [1.54, 1.807) is 21.7 Å². The van der Waals surface area contributed by atoms with E-state index in [0.29, 0.717) is 26.3 Å². The Morgan fingerprint density at radius 1 is 0.554 bits per heavy atom. The average molecular weight is 1150 g/mol. The number of likely N-dealkylation sites (N-methyl/N-ethyl adjacent to an activating group) is 3. The Labute approximate surface area is 505 Å². The van der Waals surface area contributed by atoms with E-state index in [0.717, 1.165) is 81.8 Å². The summed E-state index contributed by atoms with van der Waals surface area (Å²) in [5.41, 5.74) is 1.33. The van der Waals surface area contributed by atoms with Gasteiger partial charge in [-0.1, -0.05) is 173 Å². The van der Waals surface area contributed by atoms with E-state index in [4.69, 9.17) is 4.74 Å². The summed E-state index contributed by atoms with van der Waals surface area (Å²) in [6, 6.07) is 10.0. The van der Waals surface area contributed by atoms with Crippen LogP contribution in [0.2, 0.25) is 0 Å². The predicted octanol–water partition coefficient (Wildman–Crippen LogP) is 14.2. The van der Waals surface area contributed by atoms with Crippen molar-refractivity contribution >= 4 is 35.4 Å². The number of hydrogen-bond acceptors (Lipinski definition) is 7. The minimum absolute atomic E-state index is 0.00306. The maximum absolute atomic E-state index is 12.1. The lowest BCUT2D eigenvalue weighted by Gasteiger charge is -2.60. The Morgan fingerprint density at radius 2 is 0.976 bits per heavy atom. The molecule has 7 rings (SSSR count). The maximum atomic E-state index is 12.1. The summed E-state index contributed by atoms with van der Waals surface area (Å²) in [6.45, 7) is 38.8. The van der Waals surface area contributed by atoms with Gasteiger partial charge in [-0.05, 0) is 152 Å². The van der Waals surface area contributed by atoms with Crippen LogP contribution >= 0.6 is 0 Å². The third-order valence-corrected chi connectivity index (χ3v) is 16.8. The molecule has 2 heterocycles. The molecule has 4 saturated carbocycles. The average Bonchev–Trinajstić information content (AvgIpc) is 3.30. The van der Waals surface area contributed by atoms with Crippen LogP contribution in [0.5, 0.6) is 0 Å². The summed E-state index contributed by atoms with van der Waals surface area (Å²) in [5.74, 6) is 2.83. The number of carbonyl (C=O) groups excluding carboxylic acids is 6. The smallest absolute Gasteiger partial charge is 0.246 e. The number of amides is 6. The number of morpholine rings is 1. The van der Waals surface area contributed by atoms with Gasteiger partial charge in [0.15, 0.2) is 0 Å². The highest BCUT2D eigenvalue weighted by Gasteiger charge is 2.54. The Kier molecular flexibility index (Phi) is 42.5. The Bertz CT molecular complexity index is 1950. The summed E-state index contributed by atoms with van der Waals surface area (Å²) < 4.78 is 5.07. The van der Waals surface area contributed by atoms with E-state index in [2.05, 4.69) is 63.5 Å².